The van der Waals surface area contributed by atoms with Crippen LogP contribution in [0.4, 0.5) is 4.39 Å². The quantitative estimate of drug-likeness (QED) is 0.700. The lowest BCUT2D eigenvalue weighted by Crippen LogP contribution is -1.91. The Bertz CT molecular complexity index is 485. The lowest BCUT2D eigenvalue weighted by molar-refractivity contribution is 0.112. The van der Waals surface area contributed by atoms with Gasteiger partial charge in [-0.15, -0.1) is 0 Å². The van der Waals surface area contributed by atoms with E-state index >= 15 is 0 Å². The number of benzene rings is 1. The first-order valence-corrected chi connectivity index (χ1v) is 4.34. The van der Waals surface area contributed by atoms with E-state index in [1.165, 1.54) is 24.4 Å². The van der Waals surface area contributed by atoms with Gasteiger partial charge < -0.3 is 0 Å². The maximum Gasteiger partial charge on any atom is 0.150 e. The maximum absolute atomic E-state index is 13.4. The molecule has 0 aliphatic rings. The van der Waals surface area contributed by atoms with Crippen molar-refractivity contribution >= 4 is 6.29 Å². The second-order valence-electron chi connectivity index (χ2n) is 2.97. The van der Waals surface area contributed by atoms with Gasteiger partial charge in [0.2, 0.25) is 0 Å². The first kappa shape index (κ1) is 9.45. The van der Waals surface area contributed by atoms with E-state index in [2.05, 4.69) is 10.2 Å². The van der Waals surface area contributed by atoms with Crippen LogP contribution in [0.2, 0.25) is 0 Å². The maximum atomic E-state index is 13.4. The summed E-state index contributed by atoms with van der Waals surface area (Å²) in [5.41, 5.74) is 1.11. The molecule has 0 unspecified atom stereocenters. The van der Waals surface area contributed by atoms with Crippen LogP contribution >= 0.6 is 0 Å². The standard InChI is InChI=1S/C11H7FN2O/c12-10-4-3-8(7-15)6-9(10)11-2-1-5-13-14-11/h1-7H. The van der Waals surface area contributed by atoms with E-state index in [9.17, 15) is 9.18 Å². The molecule has 0 aliphatic heterocycles. The van der Waals surface area contributed by atoms with Crippen LogP contribution in [0.5, 0.6) is 0 Å². The van der Waals surface area contributed by atoms with E-state index in [-0.39, 0.29) is 5.56 Å². The van der Waals surface area contributed by atoms with Crippen LogP contribution in [0.25, 0.3) is 11.3 Å². The van der Waals surface area contributed by atoms with Crippen molar-refractivity contribution < 1.29 is 9.18 Å². The molecule has 0 saturated heterocycles. The van der Waals surface area contributed by atoms with Crippen molar-refractivity contribution in [1.82, 2.24) is 10.2 Å². The summed E-state index contributed by atoms with van der Waals surface area (Å²) in [6.07, 6.45) is 2.17. The third-order valence-corrected chi connectivity index (χ3v) is 1.97. The monoisotopic (exact) mass is 202 g/mol. The minimum Gasteiger partial charge on any atom is -0.298 e. The fourth-order valence-corrected chi connectivity index (χ4v) is 1.26. The summed E-state index contributed by atoms with van der Waals surface area (Å²) < 4.78 is 13.4. The Balaban J connectivity index is 2.57. The Labute approximate surface area is 85.6 Å². The van der Waals surface area contributed by atoms with E-state index in [1.54, 1.807) is 12.1 Å². The lowest BCUT2D eigenvalue weighted by atomic mass is 10.1. The van der Waals surface area contributed by atoms with Crippen LogP contribution in [0.1, 0.15) is 10.4 Å². The number of halogens is 1. The Morgan fingerprint density at radius 3 is 2.80 bits per heavy atom. The van der Waals surface area contributed by atoms with Crippen molar-refractivity contribution in [3.63, 3.8) is 0 Å². The third kappa shape index (κ3) is 1.88. The number of aromatic nitrogens is 2. The van der Waals surface area contributed by atoms with Gasteiger partial charge in [-0.2, -0.15) is 10.2 Å². The first-order chi connectivity index (χ1) is 7.31. The van der Waals surface area contributed by atoms with E-state index in [0.29, 0.717) is 17.5 Å². The van der Waals surface area contributed by atoms with Crippen molar-refractivity contribution in [3.8, 4) is 11.3 Å². The van der Waals surface area contributed by atoms with Gasteiger partial charge in [0.15, 0.2) is 0 Å². The summed E-state index contributed by atoms with van der Waals surface area (Å²) in [6.45, 7) is 0. The number of carbonyl (C=O) groups excluding carboxylic acids is 1. The highest BCUT2D eigenvalue weighted by Gasteiger charge is 2.06. The lowest BCUT2D eigenvalue weighted by Gasteiger charge is -2.01. The van der Waals surface area contributed by atoms with Crippen molar-refractivity contribution in [2.75, 3.05) is 0 Å². The summed E-state index contributed by atoms with van der Waals surface area (Å²) in [5.74, 6) is -0.416. The Morgan fingerprint density at radius 2 is 2.13 bits per heavy atom. The molecule has 0 N–H and O–H groups in total. The zero-order valence-electron chi connectivity index (χ0n) is 7.72. The van der Waals surface area contributed by atoms with E-state index < -0.39 is 5.82 Å². The van der Waals surface area contributed by atoms with Crippen LogP contribution in [0.15, 0.2) is 36.5 Å². The number of aldehydes is 1. The molecule has 0 fully saturated rings. The SMILES string of the molecule is O=Cc1ccc(F)c(-c2cccnn2)c1. The van der Waals surface area contributed by atoms with Crippen LogP contribution < -0.4 is 0 Å². The van der Waals surface area contributed by atoms with Crippen LogP contribution in [0, 0.1) is 5.82 Å². The molecule has 4 heteroatoms. The molecule has 1 aromatic heterocycles. The summed E-state index contributed by atoms with van der Waals surface area (Å²) in [4.78, 5) is 10.5. The number of rotatable bonds is 2. The molecule has 0 aliphatic carbocycles. The smallest absolute Gasteiger partial charge is 0.150 e. The molecule has 0 amide bonds. The predicted octanol–water partition coefficient (Wildman–Crippen LogP) is 2.10. The summed E-state index contributed by atoms with van der Waals surface area (Å²) >= 11 is 0. The summed E-state index contributed by atoms with van der Waals surface area (Å²) in [5, 5.41) is 7.43. The molecule has 3 nitrogen and oxygen atoms in total. The summed E-state index contributed by atoms with van der Waals surface area (Å²) in [7, 11) is 0. The molecule has 0 radical (unpaired) electrons. The minimum absolute atomic E-state index is 0.285. The summed E-state index contributed by atoms with van der Waals surface area (Å²) in [6, 6.07) is 7.41. The predicted molar refractivity (Wildman–Crippen MR) is 52.8 cm³/mol. The largest absolute Gasteiger partial charge is 0.298 e. The molecule has 0 atom stereocenters. The molecule has 2 rings (SSSR count). The van der Waals surface area contributed by atoms with Crippen LogP contribution in [0.3, 0.4) is 0 Å². The number of hydrogen-bond acceptors (Lipinski definition) is 3. The minimum atomic E-state index is -0.416. The van der Waals surface area contributed by atoms with E-state index in [1.807, 2.05) is 0 Å². The number of nitrogens with zero attached hydrogens (tertiary/aromatic N) is 2. The molecular formula is C11H7FN2O. The highest BCUT2D eigenvalue weighted by atomic mass is 19.1. The van der Waals surface area contributed by atoms with Gasteiger partial charge in [0.05, 0.1) is 5.69 Å². The molecule has 0 bridgehead atoms. The Morgan fingerprint density at radius 1 is 1.27 bits per heavy atom. The van der Waals surface area contributed by atoms with E-state index in [4.69, 9.17) is 0 Å². The molecule has 1 heterocycles. The van der Waals surface area contributed by atoms with Gasteiger partial charge in [0, 0.05) is 17.3 Å². The fourth-order valence-electron chi connectivity index (χ4n) is 1.26. The molecular weight excluding hydrogens is 195 g/mol. The number of carbonyl (C=O) groups is 1. The average Bonchev–Trinajstić information content (AvgIpc) is 2.31. The molecule has 74 valence electrons. The van der Waals surface area contributed by atoms with Gasteiger partial charge >= 0.3 is 0 Å². The third-order valence-electron chi connectivity index (χ3n) is 1.97. The first-order valence-electron chi connectivity index (χ1n) is 4.34. The van der Waals surface area contributed by atoms with Crippen molar-refractivity contribution in [1.29, 1.82) is 0 Å². The molecule has 1 aromatic carbocycles. The number of hydrogen-bond donors (Lipinski definition) is 0. The molecule has 2 aromatic rings. The van der Waals surface area contributed by atoms with Gasteiger partial charge in [-0.3, -0.25) is 4.79 Å². The van der Waals surface area contributed by atoms with Crippen LogP contribution in [-0.2, 0) is 0 Å². The van der Waals surface area contributed by atoms with Gasteiger partial charge in [0.1, 0.15) is 12.1 Å². The van der Waals surface area contributed by atoms with E-state index in [0.717, 1.165) is 0 Å². The molecule has 0 saturated carbocycles. The van der Waals surface area contributed by atoms with Gasteiger partial charge in [-0.25, -0.2) is 4.39 Å². The Kier molecular flexibility index (Phi) is 2.49. The second kappa shape index (κ2) is 3.96. The highest BCUT2D eigenvalue weighted by molar-refractivity contribution is 5.78. The molecule has 15 heavy (non-hydrogen) atoms. The fraction of sp³-hybridized carbons (Fsp3) is 0. The topological polar surface area (TPSA) is 42.9 Å². The van der Waals surface area contributed by atoms with Gasteiger partial charge in [-0.05, 0) is 30.3 Å². The van der Waals surface area contributed by atoms with Crippen molar-refractivity contribution in [2.45, 2.75) is 0 Å². The van der Waals surface area contributed by atoms with Gasteiger partial charge in [0.25, 0.3) is 0 Å². The van der Waals surface area contributed by atoms with Crippen molar-refractivity contribution in [2.24, 2.45) is 0 Å². The Hall–Kier alpha value is -2.10. The highest BCUT2D eigenvalue weighted by Crippen LogP contribution is 2.20. The van der Waals surface area contributed by atoms with Crippen LogP contribution in [-0.4, -0.2) is 16.5 Å². The van der Waals surface area contributed by atoms with Crippen molar-refractivity contribution in [3.05, 3.63) is 47.9 Å². The second-order valence-corrected chi connectivity index (χ2v) is 2.97. The van der Waals surface area contributed by atoms with Gasteiger partial charge in [-0.1, -0.05) is 0 Å². The zero-order chi connectivity index (χ0) is 10.7. The molecule has 0 spiro atoms. The average molecular weight is 202 g/mol. The normalized spacial score (nSPS) is 9.93. The zero-order valence-corrected chi connectivity index (χ0v) is 7.72.